The third-order valence-corrected chi connectivity index (χ3v) is 9.20. The predicted octanol–water partition coefficient (Wildman–Crippen LogP) is 6.93. The SMILES string of the molecule is CC1(CCCc2ccc(F)c(F)c2)CCN(C[C@H]2CN(C(C(=O)O)c3ccccc3)C[C@@H]2c2ccccc2)CC1. The summed E-state index contributed by atoms with van der Waals surface area (Å²) in [5.41, 5.74) is 3.22. The second kappa shape index (κ2) is 12.6. The molecule has 212 valence electrons. The van der Waals surface area contributed by atoms with Gasteiger partial charge in [0.2, 0.25) is 0 Å². The fourth-order valence-electron chi connectivity index (χ4n) is 6.79. The molecule has 2 saturated heterocycles. The molecule has 0 radical (unpaired) electrons. The minimum Gasteiger partial charge on any atom is -0.480 e. The highest BCUT2D eigenvalue weighted by Gasteiger charge is 2.41. The number of piperidine rings is 1. The highest BCUT2D eigenvalue weighted by Crippen LogP contribution is 2.40. The van der Waals surface area contributed by atoms with Crippen molar-refractivity contribution >= 4 is 5.97 Å². The highest BCUT2D eigenvalue weighted by molar-refractivity contribution is 5.75. The normalized spacial score (nSPS) is 22.3. The number of carboxylic acid groups (broad SMARTS) is 1. The molecule has 0 aromatic heterocycles. The molecule has 3 atom stereocenters. The Bertz CT molecular complexity index is 1260. The van der Waals surface area contributed by atoms with Crippen LogP contribution in [0.4, 0.5) is 8.78 Å². The molecule has 4 nitrogen and oxygen atoms in total. The van der Waals surface area contributed by atoms with Crippen molar-refractivity contribution in [2.24, 2.45) is 11.3 Å². The summed E-state index contributed by atoms with van der Waals surface area (Å²) in [5, 5.41) is 10.2. The van der Waals surface area contributed by atoms with Crippen LogP contribution in [0.1, 0.15) is 61.3 Å². The molecule has 2 aliphatic rings. The van der Waals surface area contributed by atoms with Crippen molar-refractivity contribution in [2.75, 3.05) is 32.7 Å². The number of aryl methyl sites for hydroxylation is 1. The number of rotatable bonds is 10. The van der Waals surface area contributed by atoms with E-state index in [1.54, 1.807) is 6.07 Å². The number of likely N-dealkylation sites (tertiary alicyclic amines) is 2. The van der Waals surface area contributed by atoms with Gasteiger partial charge in [-0.3, -0.25) is 9.69 Å². The van der Waals surface area contributed by atoms with Gasteiger partial charge in [-0.05, 0) is 85.3 Å². The van der Waals surface area contributed by atoms with Crippen LogP contribution in [0.3, 0.4) is 0 Å². The second-order valence-electron chi connectivity index (χ2n) is 12.1. The first kappa shape index (κ1) is 28.4. The van der Waals surface area contributed by atoms with E-state index in [9.17, 15) is 18.7 Å². The molecule has 2 fully saturated rings. The molecule has 0 amide bonds. The van der Waals surface area contributed by atoms with Crippen molar-refractivity contribution < 1.29 is 18.7 Å². The number of carbonyl (C=O) groups is 1. The van der Waals surface area contributed by atoms with Gasteiger partial charge in [0, 0.05) is 25.6 Å². The summed E-state index contributed by atoms with van der Waals surface area (Å²) in [6.07, 6.45) is 5.02. The van der Waals surface area contributed by atoms with E-state index in [-0.39, 0.29) is 11.3 Å². The smallest absolute Gasteiger partial charge is 0.325 e. The van der Waals surface area contributed by atoms with Crippen molar-refractivity contribution in [1.29, 1.82) is 0 Å². The summed E-state index contributed by atoms with van der Waals surface area (Å²) in [4.78, 5) is 17.1. The summed E-state index contributed by atoms with van der Waals surface area (Å²) in [6, 6.07) is 23.7. The van der Waals surface area contributed by atoms with Gasteiger partial charge in [0.25, 0.3) is 0 Å². The van der Waals surface area contributed by atoms with Gasteiger partial charge in [-0.2, -0.15) is 0 Å². The van der Waals surface area contributed by atoms with E-state index in [1.807, 2.05) is 36.4 Å². The fraction of sp³-hybridized carbons (Fsp3) is 0.441. The van der Waals surface area contributed by atoms with Gasteiger partial charge < -0.3 is 10.0 Å². The summed E-state index contributed by atoms with van der Waals surface area (Å²) in [5.74, 6) is -1.71. The predicted molar refractivity (Wildman–Crippen MR) is 154 cm³/mol. The molecule has 40 heavy (non-hydrogen) atoms. The summed E-state index contributed by atoms with van der Waals surface area (Å²) in [7, 11) is 0. The van der Waals surface area contributed by atoms with E-state index in [4.69, 9.17) is 0 Å². The molecule has 0 saturated carbocycles. The zero-order valence-corrected chi connectivity index (χ0v) is 23.3. The third kappa shape index (κ3) is 6.79. The summed E-state index contributed by atoms with van der Waals surface area (Å²) < 4.78 is 26.8. The van der Waals surface area contributed by atoms with Crippen LogP contribution in [-0.2, 0) is 11.2 Å². The molecule has 1 unspecified atom stereocenters. The van der Waals surface area contributed by atoms with Crippen molar-refractivity contribution in [3.05, 3.63) is 107 Å². The van der Waals surface area contributed by atoms with Crippen LogP contribution < -0.4 is 0 Å². The lowest BCUT2D eigenvalue weighted by molar-refractivity contribution is -0.143. The maximum Gasteiger partial charge on any atom is 0.325 e. The minimum atomic E-state index is -0.796. The lowest BCUT2D eigenvalue weighted by atomic mass is 9.76. The van der Waals surface area contributed by atoms with Gasteiger partial charge in [-0.15, -0.1) is 0 Å². The summed E-state index contributed by atoms with van der Waals surface area (Å²) >= 11 is 0. The van der Waals surface area contributed by atoms with Crippen molar-refractivity contribution in [3.63, 3.8) is 0 Å². The van der Waals surface area contributed by atoms with Gasteiger partial charge in [0.1, 0.15) is 6.04 Å². The Morgan fingerprint density at radius 1 is 0.950 bits per heavy atom. The first-order chi connectivity index (χ1) is 19.3. The minimum absolute atomic E-state index is 0.247. The molecule has 1 N–H and O–H groups in total. The first-order valence-corrected chi connectivity index (χ1v) is 14.5. The highest BCUT2D eigenvalue weighted by atomic mass is 19.2. The van der Waals surface area contributed by atoms with E-state index >= 15 is 0 Å². The van der Waals surface area contributed by atoms with Crippen molar-refractivity contribution in [1.82, 2.24) is 9.80 Å². The molecule has 0 spiro atoms. The van der Waals surface area contributed by atoms with Gasteiger partial charge >= 0.3 is 5.97 Å². The van der Waals surface area contributed by atoms with E-state index in [0.29, 0.717) is 5.92 Å². The number of aliphatic carboxylic acids is 1. The van der Waals surface area contributed by atoms with E-state index in [2.05, 4.69) is 41.0 Å². The number of hydrogen-bond acceptors (Lipinski definition) is 3. The fourth-order valence-corrected chi connectivity index (χ4v) is 6.79. The zero-order chi connectivity index (χ0) is 28.1. The largest absolute Gasteiger partial charge is 0.480 e. The zero-order valence-electron chi connectivity index (χ0n) is 23.3. The topological polar surface area (TPSA) is 43.8 Å². The van der Waals surface area contributed by atoms with Crippen LogP contribution >= 0.6 is 0 Å². The van der Waals surface area contributed by atoms with Gasteiger partial charge in [-0.25, -0.2) is 8.78 Å². The van der Waals surface area contributed by atoms with Gasteiger partial charge in [0.05, 0.1) is 0 Å². The van der Waals surface area contributed by atoms with E-state index < -0.39 is 23.6 Å². The number of nitrogens with zero attached hydrogens (tertiary/aromatic N) is 2. The van der Waals surface area contributed by atoms with Crippen LogP contribution in [-0.4, -0.2) is 53.6 Å². The molecule has 0 aliphatic carbocycles. The summed E-state index contributed by atoms with van der Waals surface area (Å²) in [6.45, 7) is 6.87. The monoisotopic (exact) mass is 546 g/mol. The third-order valence-electron chi connectivity index (χ3n) is 9.20. The Kier molecular flexibility index (Phi) is 8.97. The number of halogens is 2. The van der Waals surface area contributed by atoms with Gasteiger partial charge in [0.15, 0.2) is 11.6 Å². The number of carboxylic acids is 1. The maximum absolute atomic E-state index is 13.6. The standard InChI is InChI=1S/C34H40F2N2O2/c1-34(16-8-9-25-14-15-30(35)31(36)21-25)17-19-37(20-18-34)22-28-23-38(24-29(28)26-10-4-2-5-11-26)32(33(39)40)27-12-6-3-7-13-27/h2-7,10-15,21,28-29,32H,8-9,16-20,22-24H2,1H3,(H,39,40)/t28-,29+,32?/m0/s1. The Morgan fingerprint density at radius 3 is 2.27 bits per heavy atom. The second-order valence-corrected chi connectivity index (χ2v) is 12.1. The average molecular weight is 547 g/mol. The number of benzene rings is 3. The van der Waals surface area contributed by atoms with Crippen molar-refractivity contribution in [2.45, 2.75) is 51.0 Å². The molecular weight excluding hydrogens is 506 g/mol. The molecule has 2 heterocycles. The first-order valence-electron chi connectivity index (χ1n) is 14.5. The van der Waals surface area contributed by atoms with Gasteiger partial charge in [-0.1, -0.05) is 73.7 Å². The molecule has 6 heteroatoms. The van der Waals surface area contributed by atoms with Crippen molar-refractivity contribution in [3.8, 4) is 0 Å². The molecule has 2 aliphatic heterocycles. The van der Waals surface area contributed by atoms with Crippen LogP contribution in [0.15, 0.2) is 78.9 Å². The molecule has 5 rings (SSSR count). The quantitative estimate of drug-likeness (QED) is 0.299. The van der Waals surface area contributed by atoms with Crippen LogP contribution in [0.25, 0.3) is 0 Å². The maximum atomic E-state index is 13.6. The Morgan fingerprint density at radius 2 is 1.62 bits per heavy atom. The Hall–Kier alpha value is -3.09. The Balaban J connectivity index is 1.20. The lowest BCUT2D eigenvalue weighted by Gasteiger charge is -2.41. The Labute approximate surface area is 236 Å². The van der Waals surface area contributed by atoms with E-state index in [1.165, 1.54) is 17.7 Å². The van der Waals surface area contributed by atoms with E-state index in [0.717, 1.165) is 76.0 Å². The molecular formula is C34H40F2N2O2. The number of hydrogen-bond donors (Lipinski definition) is 1. The molecule has 0 bridgehead atoms. The molecule has 3 aromatic rings. The van der Waals surface area contributed by atoms with Crippen LogP contribution in [0.5, 0.6) is 0 Å². The van der Waals surface area contributed by atoms with Crippen LogP contribution in [0.2, 0.25) is 0 Å². The molecule has 3 aromatic carbocycles. The van der Waals surface area contributed by atoms with Crippen LogP contribution in [0, 0.1) is 23.0 Å². The lowest BCUT2D eigenvalue weighted by Crippen LogP contribution is -2.42. The average Bonchev–Trinajstić information content (AvgIpc) is 3.36.